The average Bonchev–Trinajstić information content (AvgIpc) is 3.14. The Labute approximate surface area is 138 Å². The highest BCUT2D eigenvalue weighted by Gasteiger charge is 2.09. The Balaban J connectivity index is 1.55. The Morgan fingerprint density at radius 3 is 2.71 bits per heavy atom. The van der Waals surface area contributed by atoms with Crippen molar-refractivity contribution in [2.75, 3.05) is 6.54 Å². The molecule has 0 atom stereocenters. The van der Waals surface area contributed by atoms with Crippen LogP contribution in [0.2, 0.25) is 0 Å². The van der Waals surface area contributed by atoms with E-state index >= 15 is 0 Å². The van der Waals surface area contributed by atoms with Crippen molar-refractivity contribution in [2.45, 2.75) is 0 Å². The van der Waals surface area contributed by atoms with Crippen LogP contribution in [0.25, 0.3) is 10.8 Å². The van der Waals surface area contributed by atoms with E-state index in [1.165, 1.54) is 12.3 Å². The summed E-state index contributed by atoms with van der Waals surface area (Å²) in [5.41, 5.74) is 3.28. The number of hydrogen-bond donors (Lipinski definition) is 2. The summed E-state index contributed by atoms with van der Waals surface area (Å²) in [6.07, 6.45) is 2.97. The maximum absolute atomic E-state index is 11.7. The molecular formula is C18H15N3O3. The lowest BCUT2D eigenvalue weighted by Crippen LogP contribution is -2.34. The number of hydrazone groups is 1. The first-order valence-corrected chi connectivity index (χ1v) is 7.35. The van der Waals surface area contributed by atoms with Gasteiger partial charge in [0.25, 0.3) is 11.8 Å². The van der Waals surface area contributed by atoms with Crippen molar-refractivity contribution >= 4 is 28.8 Å². The van der Waals surface area contributed by atoms with Gasteiger partial charge in [0.2, 0.25) is 0 Å². The molecule has 0 aliphatic carbocycles. The molecule has 0 aliphatic heterocycles. The molecule has 1 heterocycles. The number of hydrogen-bond acceptors (Lipinski definition) is 4. The lowest BCUT2D eigenvalue weighted by Gasteiger charge is -2.03. The van der Waals surface area contributed by atoms with E-state index in [9.17, 15) is 9.59 Å². The van der Waals surface area contributed by atoms with E-state index in [1.807, 2.05) is 42.5 Å². The Morgan fingerprint density at radius 2 is 1.88 bits per heavy atom. The molecule has 6 heteroatoms. The highest BCUT2D eigenvalue weighted by atomic mass is 16.3. The molecule has 2 aromatic carbocycles. The van der Waals surface area contributed by atoms with Crippen LogP contribution in [0.4, 0.5) is 0 Å². The molecule has 3 rings (SSSR count). The van der Waals surface area contributed by atoms with Gasteiger partial charge in [0.1, 0.15) is 0 Å². The SMILES string of the molecule is O=C(CNC(=O)c1ccco1)NN=Cc1cccc2ccccc12. The quantitative estimate of drug-likeness (QED) is 0.559. The highest BCUT2D eigenvalue weighted by molar-refractivity contribution is 6.00. The third-order valence-electron chi connectivity index (χ3n) is 3.37. The Bertz CT molecular complexity index is 880. The normalized spacial score (nSPS) is 10.8. The standard InChI is InChI=1S/C18H15N3O3/c22-17(12-19-18(23)16-9-4-10-24-16)21-20-11-14-7-3-6-13-5-1-2-8-15(13)14/h1-11H,12H2,(H,19,23)(H,21,22). The van der Waals surface area contributed by atoms with Crippen molar-refractivity contribution in [1.29, 1.82) is 0 Å². The van der Waals surface area contributed by atoms with Crippen molar-refractivity contribution in [3.63, 3.8) is 0 Å². The number of carbonyl (C=O) groups is 2. The van der Waals surface area contributed by atoms with Gasteiger partial charge in [-0.1, -0.05) is 42.5 Å². The highest BCUT2D eigenvalue weighted by Crippen LogP contribution is 2.16. The first kappa shape index (κ1) is 15.5. The predicted molar refractivity (Wildman–Crippen MR) is 90.7 cm³/mol. The number of amides is 2. The minimum Gasteiger partial charge on any atom is -0.459 e. The summed E-state index contributed by atoms with van der Waals surface area (Å²) in [4.78, 5) is 23.3. The average molecular weight is 321 g/mol. The van der Waals surface area contributed by atoms with Crippen LogP contribution >= 0.6 is 0 Å². The van der Waals surface area contributed by atoms with Crippen molar-refractivity contribution in [3.8, 4) is 0 Å². The van der Waals surface area contributed by atoms with E-state index in [0.717, 1.165) is 16.3 Å². The van der Waals surface area contributed by atoms with Crippen LogP contribution in [0.1, 0.15) is 16.1 Å². The first-order chi connectivity index (χ1) is 11.7. The number of benzene rings is 2. The van der Waals surface area contributed by atoms with Gasteiger partial charge in [-0.15, -0.1) is 0 Å². The van der Waals surface area contributed by atoms with Gasteiger partial charge in [0.05, 0.1) is 19.0 Å². The monoisotopic (exact) mass is 321 g/mol. The molecule has 0 bridgehead atoms. The Morgan fingerprint density at radius 1 is 1.04 bits per heavy atom. The second kappa shape index (κ2) is 7.23. The number of carbonyl (C=O) groups excluding carboxylic acids is 2. The van der Waals surface area contributed by atoms with Crippen LogP contribution in [-0.2, 0) is 4.79 Å². The molecule has 0 saturated carbocycles. The lowest BCUT2D eigenvalue weighted by atomic mass is 10.1. The Kier molecular flexibility index (Phi) is 4.67. The molecule has 2 amide bonds. The van der Waals surface area contributed by atoms with Gasteiger partial charge >= 0.3 is 0 Å². The summed E-state index contributed by atoms with van der Waals surface area (Å²) in [6.45, 7) is -0.188. The molecular weight excluding hydrogens is 306 g/mol. The van der Waals surface area contributed by atoms with Crippen LogP contribution in [0.15, 0.2) is 70.4 Å². The van der Waals surface area contributed by atoms with Gasteiger partial charge in [-0.3, -0.25) is 9.59 Å². The third kappa shape index (κ3) is 3.67. The smallest absolute Gasteiger partial charge is 0.287 e. The predicted octanol–water partition coefficient (Wildman–Crippen LogP) is 2.31. The molecule has 0 fully saturated rings. The second-order valence-corrected chi connectivity index (χ2v) is 5.02. The van der Waals surface area contributed by atoms with Crippen LogP contribution < -0.4 is 10.7 Å². The van der Waals surface area contributed by atoms with E-state index < -0.39 is 11.8 Å². The summed E-state index contributed by atoms with van der Waals surface area (Å²) in [5, 5.41) is 8.52. The minimum atomic E-state index is -0.451. The summed E-state index contributed by atoms with van der Waals surface area (Å²) in [5.74, 6) is -0.721. The van der Waals surface area contributed by atoms with E-state index in [1.54, 1.807) is 12.3 Å². The van der Waals surface area contributed by atoms with Crippen LogP contribution in [0.5, 0.6) is 0 Å². The molecule has 0 saturated heterocycles. The zero-order chi connectivity index (χ0) is 16.8. The van der Waals surface area contributed by atoms with E-state index in [0.29, 0.717) is 0 Å². The van der Waals surface area contributed by atoms with Gasteiger partial charge in [-0.25, -0.2) is 5.43 Å². The molecule has 24 heavy (non-hydrogen) atoms. The minimum absolute atomic E-state index is 0.155. The number of nitrogens with one attached hydrogen (secondary N) is 2. The van der Waals surface area contributed by atoms with Gasteiger partial charge in [-0.2, -0.15) is 5.10 Å². The molecule has 3 aromatic rings. The zero-order valence-electron chi connectivity index (χ0n) is 12.7. The maximum Gasteiger partial charge on any atom is 0.287 e. The summed E-state index contributed by atoms with van der Waals surface area (Å²) < 4.78 is 4.93. The van der Waals surface area contributed by atoms with Crippen molar-refractivity contribution in [1.82, 2.24) is 10.7 Å². The van der Waals surface area contributed by atoms with Crippen LogP contribution in [0.3, 0.4) is 0 Å². The molecule has 0 spiro atoms. The first-order valence-electron chi connectivity index (χ1n) is 7.35. The van der Waals surface area contributed by atoms with Crippen molar-refractivity contribution in [3.05, 3.63) is 72.2 Å². The van der Waals surface area contributed by atoms with E-state index in [4.69, 9.17) is 4.42 Å². The number of rotatable bonds is 5. The third-order valence-corrected chi connectivity index (χ3v) is 3.37. The van der Waals surface area contributed by atoms with Gasteiger partial charge in [0, 0.05) is 5.56 Å². The van der Waals surface area contributed by atoms with Gasteiger partial charge in [0.15, 0.2) is 5.76 Å². The molecule has 120 valence electrons. The second-order valence-electron chi connectivity index (χ2n) is 5.02. The lowest BCUT2D eigenvalue weighted by molar-refractivity contribution is -0.120. The fourth-order valence-corrected chi connectivity index (χ4v) is 2.23. The van der Waals surface area contributed by atoms with Gasteiger partial charge < -0.3 is 9.73 Å². The van der Waals surface area contributed by atoms with Crippen molar-refractivity contribution in [2.24, 2.45) is 5.10 Å². The molecule has 2 N–H and O–H groups in total. The molecule has 0 unspecified atom stereocenters. The molecule has 6 nitrogen and oxygen atoms in total. The number of nitrogens with zero attached hydrogens (tertiary/aromatic N) is 1. The number of fused-ring (bicyclic) bond motifs is 1. The van der Waals surface area contributed by atoms with Crippen LogP contribution in [0, 0.1) is 0 Å². The molecule has 1 aromatic heterocycles. The van der Waals surface area contributed by atoms with Gasteiger partial charge in [-0.05, 0) is 22.9 Å². The summed E-state index contributed by atoms with van der Waals surface area (Å²) in [6, 6.07) is 16.9. The van der Waals surface area contributed by atoms with E-state index in [2.05, 4.69) is 15.8 Å². The maximum atomic E-state index is 11.7. The molecule has 0 aliphatic rings. The summed E-state index contributed by atoms with van der Waals surface area (Å²) in [7, 11) is 0. The Hall–Kier alpha value is -3.41. The van der Waals surface area contributed by atoms with Crippen molar-refractivity contribution < 1.29 is 14.0 Å². The topological polar surface area (TPSA) is 83.7 Å². The van der Waals surface area contributed by atoms with Crippen LogP contribution in [-0.4, -0.2) is 24.6 Å². The molecule has 0 radical (unpaired) electrons. The fraction of sp³-hybridized carbons (Fsp3) is 0.0556. The number of furan rings is 1. The van der Waals surface area contributed by atoms with E-state index in [-0.39, 0.29) is 12.3 Å². The summed E-state index contributed by atoms with van der Waals surface area (Å²) >= 11 is 0. The largest absolute Gasteiger partial charge is 0.459 e. The fourth-order valence-electron chi connectivity index (χ4n) is 2.23. The zero-order valence-corrected chi connectivity index (χ0v) is 12.7.